The number of aromatic nitrogens is 2. The van der Waals surface area contributed by atoms with Crippen LogP contribution >= 0.6 is 0 Å². The Labute approximate surface area is 97.9 Å². The number of aryl methyl sites for hydroxylation is 1. The largest absolute Gasteiger partial charge is 0.309 e. The van der Waals surface area contributed by atoms with Crippen molar-refractivity contribution >= 4 is 11.7 Å². The molecule has 0 aliphatic carbocycles. The molecule has 0 atom stereocenters. The number of carbonyl (C=O) groups is 1. The van der Waals surface area contributed by atoms with Crippen molar-refractivity contribution in [3.8, 4) is 0 Å². The van der Waals surface area contributed by atoms with Crippen LogP contribution in [0.15, 0.2) is 30.3 Å². The highest BCUT2D eigenvalue weighted by molar-refractivity contribution is 5.91. The Morgan fingerprint density at radius 1 is 1.47 bits per heavy atom. The van der Waals surface area contributed by atoms with Crippen molar-refractivity contribution in [2.24, 2.45) is 0 Å². The second-order valence-corrected chi connectivity index (χ2v) is 3.79. The topological polar surface area (TPSA) is 57.8 Å². The van der Waals surface area contributed by atoms with E-state index in [1.165, 1.54) is 12.1 Å². The van der Waals surface area contributed by atoms with Crippen LogP contribution in [0.4, 0.5) is 10.2 Å². The molecule has 0 fully saturated rings. The SMILES string of the molecule is Cc1cc(NC(=O)Cc2cccc(F)c2)n[nH]1. The normalized spacial score (nSPS) is 10.2. The van der Waals surface area contributed by atoms with Gasteiger partial charge in [0.2, 0.25) is 5.91 Å². The number of nitrogens with one attached hydrogen (secondary N) is 2. The van der Waals surface area contributed by atoms with Gasteiger partial charge in [0.1, 0.15) is 5.82 Å². The maximum atomic E-state index is 12.9. The van der Waals surface area contributed by atoms with E-state index in [0.29, 0.717) is 11.4 Å². The van der Waals surface area contributed by atoms with Gasteiger partial charge in [0, 0.05) is 11.8 Å². The minimum absolute atomic E-state index is 0.129. The molecule has 1 aromatic carbocycles. The molecule has 1 aromatic heterocycles. The standard InChI is InChI=1S/C12H12FN3O/c1-8-5-11(16-15-8)14-12(17)7-9-3-2-4-10(13)6-9/h2-6H,7H2,1H3,(H2,14,15,16,17). The number of anilines is 1. The Kier molecular flexibility index (Phi) is 3.18. The molecule has 5 heteroatoms. The number of H-pyrrole nitrogens is 1. The Bertz CT molecular complexity index is 536. The molecule has 88 valence electrons. The highest BCUT2D eigenvalue weighted by Crippen LogP contribution is 2.07. The molecule has 2 N–H and O–H groups in total. The van der Waals surface area contributed by atoms with E-state index in [1.54, 1.807) is 18.2 Å². The first kappa shape index (κ1) is 11.3. The summed E-state index contributed by atoms with van der Waals surface area (Å²) in [5, 5.41) is 9.23. The molecule has 0 aliphatic rings. The molecule has 2 rings (SSSR count). The van der Waals surface area contributed by atoms with Crippen LogP contribution in [0, 0.1) is 12.7 Å². The second-order valence-electron chi connectivity index (χ2n) is 3.79. The van der Waals surface area contributed by atoms with Gasteiger partial charge in [-0.25, -0.2) is 4.39 Å². The molecule has 17 heavy (non-hydrogen) atoms. The molecule has 4 nitrogen and oxygen atoms in total. The van der Waals surface area contributed by atoms with Crippen LogP contribution < -0.4 is 5.32 Å². The summed E-state index contributed by atoms with van der Waals surface area (Å²) in [6, 6.07) is 7.70. The minimum atomic E-state index is -0.342. The van der Waals surface area contributed by atoms with Crippen molar-refractivity contribution in [1.29, 1.82) is 0 Å². The number of carbonyl (C=O) groups excluding carboxylic acids is 1. The molecule has 0 unspecified atom stereocenters. The number of nitrogens with zero attached hydrogens (tertiary/aromatic N) is 1. The predicted octanol–water partition coefficient (Wildman–Crippen LogP) is 2.04. The Morgan fingerprint density at radius 3 is 2.94 bits per heavy atom. The minimum Gasteiger partial charge on any atom is -0.309 e. The monoisotopic (exact) mass is 233 g/mol. The average molecular weight is 233 g/mol. The van der Waals surface area contributed by atoms with Gasteiger partial charge in [-0.15, -0.1) is 0 Å². The van der Waals surface area contributed by atoms with Crippen LogP contribution in [0.1, 0.15) is 11.3 Å². The summed E-state index contributed by atoms with van der Waals surface area (Å²) in [4.78, 5) is 11.6. The third-order valence-corrected chi connectivity index (χ3v) is 2.23. The lowest BCUT2D eigenvalue weighted by molar-refractivity contribution is -0.115. The van der Waals surface area contributed by atoms with Gasteiger partial charge < -0.3 is 5.32 Å². The Morgan fingerprint density at radius 2 is 2.29 bits per heavy atom. The van der Waals surface area contributed by atoms with Crippen molar-refractivity contribution in [2.75, 3.05) is 5.32 Å². The summed E-state index contributed by atoms with van der Waals surface area (Å²) in [6.45, 7) is 1.84. The number of rotatable bonds is 3. The lowest BCUT2D eigenvalue weighted by atomic mass is 10.1. The number of hydrogen-bond acceptors (Lipinski definition) is 2. The second kappa shape index (κ2) is 4.78. The maximum Gasteiger partial charge on any atom is 0.229 e. The third kappa shape index (κ3) is 3.14. The molecule has 0 saturated heterocycles. The summed E-state index contributed by atoms with van der Waals surface area (Å²) in [5.74, 6) is -0.0862. The fourth-order valence-corrected chi connectivity index (χ4v) is 1.50. The summed E-state index contributed by atoms with van der Waals surface area (Å²) in [7, 11) is 0. The number of amides is 1. The van der Waals surface area contributed by atoms with Gasteiger partial charge in [-0.05, 0) is 24.6 Å². The van der Waals surface area contributed by atoms with Gasteiger partial charge in [0.25, 0.3) is 0 Å². The number of benzene rings is 1. The smallest absolute Gasteiger partial charge is 0.229 e. The maximum absolute atomic E-state index is 12.9. The van der Waals surface area contributed by atoms with E-state index in [0.717, 1.165) is 5.69 Å². The molecule has 0 saturated carbocycles. The fourth-order valence-electron chi connectivity index (χ4n) is 1.50. The molecule has 0 radical (unpaired) electrons. The fraction of sp³-hybridized carbons (Fsp3) is 0.167. The molecule has 1 heterocycles. The summed E-state index contributed by atoms with van der Waals surface area (Å²) in [5.41, 5.74) is 1.50. The predicted molar refractivity (Wildman–Crippen MR) is 62.1 cm³/mol. The summed E-state index contributed by atoms with van der Waals surface area (Å²) >= 11 is 0. The number of aromatic amines is 1. The zero-order chi connectivity index (χ0) is 12.3. The highest BCUT2D eigenvalue weighted by Gasteiger charge is 2.06. The van der Waals surface area contributed by atoms with Gasteiger partial charge in [0.05, 0.1) is 6.42 Å². The molecule has 1 amide bonds. The van der Waals surface area contributed by atoms with E-state index in [2.05, 4.69) is 15.5 Å². The van der Waals surface area contributed by atoms with Crippen LogP contribution in [0.2, 0.25) is 0 Å². The van der Waals surface area contributed by atoms with Crippen LogP contribution in [0.5, 0.6) is 0 Å². The molecular formula is C12H12FN3O. The Hall–Kier alpha value is -2.17. The average Bonchev–Trinajstić information content (AvgIpc) is 2.63. The van der Waals surface area contributed by atoms with Gasteiger partial charge in [-0.1, -0.05) is 12.1 Å². The van der Waals surface area contributed by atoms with E-state index < -0.39 is 0 Å². The van der Waals surface area contributed by atoms with Crippen molar-refractivity contribution in [2.45, 2.75) is 13.3 Å². The quantitative estimate of drug-likeness (QED) is 0.852. The molecule has 0 aliphatic heterocycles. The van der Waals surface area contributed by atoms with Crippen LogP contribution in [0.25, 0.3) is 0 Å². The van der Waals surface area contributed by atoms with Crippen molar-refractivity contribution < 1.29 is 9.18 Å². The summed E-state index contributed by atoms with van der Waals surface area (Å²) < 4.78 is 12.9. The molecule has 2 aromatic rings. The molecule has 0 spiro atoms. The van der Waals surface area contributed by atoms with Gasteiger partial charge in [-0.3, -0.25) is 9.89 Å². The highest BCUT2D eigenvalue weighted by atomic mass is 19.1. The van der Waals surface area contributed by atoms with Crippen LogP contribution in [-0.4, -0.2) is 16.1 Å². The van der Waals surface area contributed by atoms with E-state index in [1.807, 2.05) is 6.92 Å². The van der Waals surface area contributed by atoms with Gasteiger partial charge in [0.15, 0.2) is 5.82 Å². The lowest BCUT2D eigenvalue weighted by Crippen LogP contribution is -2.14. The van der Waals surface area contributed by atoms with Crippen molar-refractivity contribution in [3.05, 3.63) is 47.4 Å². The number of hydrogen-bond donors (Lipinski definition) is 2. The lowest BCUT2D eigenvalue weighted by Gasteiger charge is -2.02. The zero-order valence-corrected chi connectivity index (χ0v) is 9.33. The number of halogens is 1. The first-order chi connectivity index (χ1) is 8.13. The van der Waals surface area contributed by atoms with Gasteiger partial charge in [-0.2, -0.15) is 5.10 Å². The third-order valence-electron chi connectivity index (χ3n) is 2.23. The van der Waals surface area contributed by atoms with E-state index in [-0.39, 0.29) is 18.1 Å². The van der Waals surface area contributed by atoms with E-state index >= 15 is 0 Å². The molecule has 0 bridgehead atoms. The zero-order valence-electron chi connectivity index (χ0n) is 9.33. The first-order valence-corrected chi connectivity index (χ1v) is 5.20. The first-order valence-electron chi connectivity index (χ1n) is 5.20. The van der Waals surface area contributed by atoms with E-state index in [4.69, 9.17) is 0 Å². The van der Waals surface area contributed by atoms with E-state index in [9.17, 15) is 9.18 Å². The summed E-state index contributed by atoms with van der Waals surface area (Å²) in [6.07, 6.45) is 0.129. The Balaban J connectivity index is 1.98. The van der Waals surface area contributed by atoms with Crippen molar-refractivity contribution in [1.82, 2.24) is 10.2 Å². The van der Waals surface area contributed by atoms with Gasteiger partial charge >= 0.3 is 0 Å². The van der Waals surface area contributed by atoms with Crippen molar-refractivity contribution in [3.63, 3.8) is 0 Å². The molecular weight excluding hydrogens is 221 g/mol. The van der Waals surface area contributed by atoms with Crippen LogP contribution in [-0.2, 0) is 11.2 Å². The van der Waals surface area contributed by atoms with Crippen LogP contribution in [0.3, 0.4) is 0 Å².